The molecule has 6 heteroatoms. The number of halogens is 1. The fourth-order valence-corrected chi connectivity index (χ4v) is 3.71. The van der Waals surface area contributed by atoms with Crippen molar-refractivity contribution in [1.29, 1.82) is 0 Å². The summed E-state index contributed by atoms with van der Waals surface area (Å²) < 4.78 is 1.81. The van der Waals surface area contributed by atoms with Gasteiger partial charge in [-0.15, -0.1) is 12.4 Å². The molecule has 3 aromatic rings. The zero-order valence-electron chi connectivity index (χ0n) is 16.8. The number of nitrogens with zero attached hydrogens (tertiary/aromatic N) is 3. The minimum Gasteiger partial charge on any atom is -0.338 e. The largest absolute Gasteiger partial charge is 0.338 e. The highest BCUT2D eigenvalue weighted by atomic mass is 35.5. The summed E-state index contributed by atoms with van der Waals surface area (Å²) in [6.45, 7) is 3.61. The summed E-state index contributed by atoms with van der Waals surface area (Å²) in [6.07, 6.45) is 3.84. The Morgan fingerprint density at radius 3 is 2.31 bits per heavy atom. The van der Waals surface area contributed by atoms with E-state index in [9.17, 15) is 4.79 Å². The van der Waals surface area contributed by atoms with Crippen LogP contribution in [0.1, 0.15) is 28.8 Å². The number of carbonyl (C=O) groups is 1. The van der Waals surface area contributed by atoms with E-state index >= 15 is 0 Å². The van der Waals surface area contributed by atoms with Crippen molar-refractivity contribution in [2.45, 2.75) is 25.8 Å². The van der Waals surface area contributed by atoms with Gasteiger partial charge in [0.2, 0.25) is 0 Å². The minimum atomic E-state index is 0. The van der Waals surface area contributed by atoms with E-state index in [1.807, 2.05) is 65.3 Å². The van der Waals surface area contributed by atoms with E-state index in [1.54, 1.807) is 0 Å². The average molecular weight is 411 g/mol. The summed E-state index contributed by atoms with van der Waals surface area (Å²) in [6, 6.07) is 18.6. The fraction of sp³-hybridized carbons (Fsp3) is 0.304. The van der Waals surface area contributed by atoms with E-state index < -0.39 is 0 Å². The number of amides is 1. The Hall–Kier alpha value is -2.63. The number of hydrogen-bond acceptors (Lipinski definition) is 3. The van der Waals surface area contributed by atoms with Crippen molar-refractivity contribution in [3.63, 3.8) is 0 Å². The second-order valence-electron chi connectivity index (χ2n) is 7.39. The lowest BCUT2D eigenvalue weighted by atomic mass is 10.0. The van der Waals surface area contributed by atoms with E-state index in [1.165, 1.54) is 5.56 Å². The quantitative estimate of drug-likeness (QED) is 0.704. The molecular formula is C23H27ClN4O. The van der Waals surface area contributed by atoms with Crippen LogP contribution in [0, 0.1) is 6.92 Å². The molecule has 0 aliphatic carbocycles. The Kier molecular flexibility index (Phi) is 6.72. The topological polar surface area (TPSA) is 50.2 Å². The van der Waals surface area contributed by atoms with Crippen molar-refractivity contribution < 1.29 is 4.79 Å². The minimum absolute atomic E-state index is 0. The molecule has 0 unspecified atom stereocenters. The molecule has 4 rings (SSSR count). The average Bonchev–Trinajstić information content (AvgIpc) is 3.20. The SMILES string of the molecule is CNC1CCN(C(=O)c2cn(-c3ccc(C)cc3)nc2-c2ccccc2)CC1.Cl. The van der Waals surface area contributed by atoms with Gasteiger partial charge in [0.05, 0.1) is 11.3 Å². The smallest absolute Gasteiger partial charge is 0.257 e. The van der Waals surface area contributed by atoms with Gasteiger partial charge in [0.25, 0.3) is 5.91 Å². The normalized spacial score (nSPS) is 14.5. The summed E-state index contributed by atoms with van der Waals surface area (Å²) in [4.78, 5) is 15.3. The van der Waals surface area contributed by atoms with Gasteiger partial charge < -0.3 is 10.2 Å². The molecule has 0 bridgehead atoms. The number of carbonyl (C=O) groups excluding carboxylic acids is 1. The standard InChI is InChI=1S/C23H26N4O.ClH/c1-17-8-10-20(11-9-17)27-16-21(22(25-27)18-6-4-3-5-7-18)23(28)26-14-12-19(24-2)13-15-26;/h3-11,16,19,24H,12-15H2,1-2H3;1H. The Morgan fingerprint density at radius 1 is 1.03 bits per heavy atom. The first-order valence-electron chi connectivity index (χ1n) is 9.84. The second kappa shape index (κ2) is 9.25. The van der Waals surface area contributed by atoms with Crippen LogP contribution in [0.5, 0.6) is 0 Å². The molecule has 5 nitrogen and oxygen atoms in total. The summed E-state index contributed by atoms with van der Waals surface area (Å²) in [5.74, 6) is 0.0618. The molecule has 29 heavy (non-hydrogen) atoms. The number of likely N-dealkylation sites (tertiary alicyclic amines) is 1. The van der Waals surface area contributed by atoms with Gasteiger partial charge in [0.1, 0.15) is 5.69 Å². The first kappa shape index (κ1) is 21.1. The predicted octanol–water partition coefficient (Wildman–Crippen LogP) is 4.09. The zero-order valence-corrected chi connectivity index (χ0v) is 17.7. The van der Waals surface area contributed by atoms with Crippen LogP contribution in [0.25, 0.3) is 16.9 Å². The Labute approximate surface area is 178 Å². The number of piperidine rings is 1. The van der Waals surface area contributed by atoms with Gasteiger partial charge in [-0.2, -0.15) is 5.10 Å². The lowest BCUT2D eigenvalue weighted by Crippen LogP contribution is -2.44. The van der Waals surface area contributed by atoms with Crippen molar-refractivity contribution in [2.75, 3.05) is 20.1 Å². The van der Waals surface area contributed by atoms with Crippen molar-refractivity contribution in [3.8, 4) is 16.9 Å². The van der Waals surface area contributed by atoms with E-state index in [-0.39, 0.29) is 18.3 Å². The van der Waals surface area contributed by atoms with Crippen LogP contribution < -0.4 is 5.32 Å². The van der Waals surface area contributed by atoms with E-state index in [0.717, 1.165) is 42.9 Å². The van der Waals surface area contributed by atoms with Gasteiger partial charge in [-0.3, -0.25) is 4.79 Å². The van der Waals surface area contributed by atoms with Gasteiger partial charge in [-0.25, -0.2) is 4.68 Å². The van der Waals surface area contributed by atoms with Crippen LogP contribution in [0.3, 0.4) is 0 Å². The first-order chi connectivity index (χ1) is 13.7. The number of aryl methyl sites for hydroxylation is 1. The molecule has 2 aromatic carbocycles. The van der Waals surface area contributed by atoms with Gasteiger partial charge in [0, 0.05) is 30.9 Å². The molecule has 2 heterocycles. The highest BCUT2D eigenvalue weighted by Crippen LogP contribution is 2.26. The number of aromatic nitrogens is 2. The van der Waals surface area contributed by atoms with Crippen molar-refractivity contribution in [2.24, 2.45) is 0 Å². The lowest BCUT2D eigenvalue weighted by molar-refractivity contribution is 0.0708. The van der Waals surface area contributed by atoms with Gasteiger partial charge >= 0.3 is 0 Å². The number of benzene rings is 2. The molecule has 152 valence electrons. The van der Waals surface area contributed by atoms with Gasteiger partial charge in [0.15, 0.2) is 0 Å². The Bertz CT molecular complexity index is 945. The second-order valence-corrected chi connectivity index (χ2v) is 7.39. The molecule has 0 atom stereocenters. The summed E-state index contributed by atoms with van der Waals surface area (Å²) >= 11 is 0. The highest BCUT2D eigenvalue weighted by molar-refractivity contribution is 6.00. The monoisotopic (exact) mass is 410 g/mol. The molecule has 1 fully saturated rings. The molecule has 1 saturated heterocycles. The molecule has 1 aromatic heterocycles. The maximum absolute atomic E-state index is 13.3. The maximum atomic E-state index is 13.3. The van der Waals surface area contributed by atoms with Crippen LogP contribution >= 0.6 is 12.4 Å². The molecule has 1 amide bonds. The molecule has 0 saturated carbocycles. The maximum Gasteiger partial charge on any atom is 0.257 e. The molecule has 0 spiro atoms. The van der Waals surface area contributed by atoms with Gasteiger partial charge in [-0.05, 0) is 38.9 Å². The fourth-order valence-electron chi connectivity index (χ4n) is 3.71. The van der Waals surface area contributed by atoms with Crippen LogP contribution in [-0.2, 0) is 0 Å². The lowest BCUT2D eigenvalue weighted by Gasteiger charge is -2.31. The zero-order chi connectivity index (χ0) is 19.5. The Morgan fingerprint density at radius 2 is 1.69 bits per heavy atom. The summed E-state index contributed by atoms with van der Waals surface area (Å²) in [7, 11) is 1.99. The number of hydrogen-bond donors (Lipinski definition) is 1. The van der Waals surface area contributed by atoms with Crippen molar-refractivity contribution in [1.82, 2.24) is 20.0 Å². The third-order valence-electron chi connectivity index (χ3n) is 5.48. The van der Waals surface area contributed by atoms with Gasteiger partial charge in [-0.1, -0.05) is 48.0 Å². The van der Waals surface area contributed by atoms with Crippen LogP contribution in [-0.4, -0.2) is 46.8 Å². The van der Waals surface area contributed by atoms with E-state index in [4.69, 9.17) is 5.10 Å². The van der Waals surface area contributed by atoms with Crippen molar-refractivity contribution >= 4 is 18.3 Å². The van der Waals surface area contributed by atoms with E-state index in [2.05, 4.69) is 24.4 Å². The van der Waals surface area contributed by atoms with Crippen molar-refractivity contribution in [3.05, 3.63) is 71.9 Å². The Balaban J connectivity index is 0.00000240. The molecule has 1 aliphatic heterocycles. The van der Waals surface area contributed by atoms with Crippen LogP contribution in [0.4, 0.5) is 0 Å². The third kappa shape index (κ3) is 4.52. The summed E-state index contributed by atoms with van der Waals surface area (Å²) in [5, 5.41) is 8.10. The predicted molar refractivity (Wildman–Crippen MR) is 119 cm³/mol. The third-order valence-corrected chi connectivity index (χ3v) is 5.48. The molecule has 0 radical (unpaired) electrons. The summed E-state index contributed by atoms with van der Waals surface area (Å²) in [5.41, 5.74) is 4.51. The molecule has 1 N–H and O–H groups in total. The molecule has 1 aliphatic rings. The van der Waals surface area contributed by atoms with Crippen LogP contribution in [0.2, 0.25) is 0 Å². The van der Waals surface area contributed by atoms with E-state index in [0.29, 0.717) is 11.6 Å². The number of nitrogens with one attached hydrogen (secondary N) is 1. The molecular weight excluding hydrogens is 384 g/mol. The first-order valence-corrected chi connectivity index (χ1v) is 9.84. The number of rotatable bonds is 4. The highest BCUT2D eigenvalue weighted by Gasteiger charge is 2.27. The van der Waals surface area contributed by atoms with Crippen LogP contribution in [0.15, 0.2) is 60.8 Å².